The highest BCUT2D eigenvalue weighted by molar-refractivity contribution is 7.91. The van der Waals surface area contributed by atoms with Crippen molar-refractivity contribution in [2.75, 3.05) is 29.5 Å². The summed E-state index contributed by atoms with van der Waals surface area (Å²) in [5.41, 5.74) is 3.44. The second kappa shape index (κ2) is 41.9. The first-order chi connectivity index (χ1) is 51.1. The number of hydrogen-bond acceptors (Lipinski definition) is 17. The van der Waals surface area contributed by atoms with Gasteiger partial charge in [0.15, 0.2) is 39.6 Å². The molecule has 0 aromatic heterocycles. The van der Waals surface area contributed by atoms with Crippen LogP contribution in [0.15, 0.2) is 142 Å². The maximum absolute atomic E-state index is 14.7. The van der Waals surface area contributed by atoms with E-state index in [2.05, 4.69) is 40.0 Å². The number of sulfone groups is 1. The Bertz CT molecular complexity index is 3980. The number of nitrogens with zero attached hydrogens (tertiary/aromatic N) is 7. The monoisotopic (exact) mass is 1510 g/mol. The summed E-state index contributed by atoms with van der Waals surface area (Å²) in [6.07, 6.45) is 20.9. The van der Waals surface area contributed by atoms with E-state index in [1.54, 1.807) is 49.3 Å². The van der Waals surface area contributed by atoms with Gasteiger partial charge in [-0.1, -0.05) is 244 Å². The Hall–Kier alpha value is -8.84. The van der Waals surface area contributed by atoms with E-state index >= 15 is 0 Å². The van der Waals surface area contributed by atoms with Gasteiger partial charge in [0.1, 0.15) is 12.1 Å². The Morgan fingerprint density at radius 1 is 0.575 bits per heavy atom. The van der Waals surface area contributed by atoms with Gasteiger partial charge in [-0.2, -0.15) is 10.2 Å². The third-order valence-electron chi connectivity index (χ3n) is 19.0. The van der Waals surface area contributed by atoms with Gasteiger partial charge in [0.2, 0.25) is 6.23 Å². The van der Waals surface area contributed by atoms with Gasteiger partial charge in [0.25, 0.3) is 29.5 Å². The van der Waals surface area contributed by atoms with Crippen LogP contribution in [0.4, 0.5) is 21.0 Å². The number of hydrazone groups is 2. The molecule has 4 aliphatic heterocycles. The molecule has 6 atom stereocenters. The van der Waals surface area contributed by atoms with E-state index < -0.39 is 93.7 Å². The van der Waals surface area contributed by atoms with E-state index in [0.29, 0.717) is 34.0 Å². The average Bonchev–Trinajstić information content (AvgIpc) is 1.61. The summed E-state index contributed by atoms with van der Waals surface area (Å²) in [5.74, 6) is -5.43. The van der Waals surface area contributed by atoms with Gasteiger partial charge >= 0.3 is 12.1 Å². The molecule has 8 amide bonds. The fourth-order valence-electron chi connectivity index (χ4n) is 13.2. The van der Waals surface area contributed by atoms with Crippen LogP contribution in [0.5, 0.6) is 0 Å². The minimum Gasteiger partial charge on any atom is -0.436 e. The molecule has 23 nitrogen and oxygen atoms in total. The Morgan fingerprint density at radius 3 is 1.62 bits per heavy atom. The van der Waals surface area contributed by atoms with Crippen molar-refractivity contribution in [2.45, 2.75) is 237 Å². The van der Waals surface area contributed by atoms with Crippen molar-refractivity contribution in [2.24, 2.45) is 10.2 Å². The molecule has 0 spiro atoms. The number of imide groups is 2. The number of urea groups is 1. The molecular weight excluding hydrogens is 1410 g/mol. The van der Waals surface area contributed by atoms with E-state index in [9.17, 15) is 51.6 Å². The Labute approximate surface area is 633 Å². The van der Waals surface area contributed by atoms with Crippen molar-refractivity contribution in [3.05, 3.63) is 160 Å². The quantitative estimate of drug-likeness (QED) is 0.0186. The SMILES string of the molecule is CCCCCCCCCCCCNC(=O)c1ccc(Cl)c(NC(=O)C(C(=O)C2CC=NN2Cc2ccccc2)N2C(=O)OC(C)C2=O)c1.CCCCCCCCCCCCS(=O)(=O)c1ccc(NC(=O)C(C(=O)C2CC(C)=NN2Cc2ccccc2)N2C(=O)C(OCC)N(Cc3ccccc3)C2=O)c(Cl)c1. The number of hydrogen-bond donors (Lipinski definition) is 3. The lowest BCUT2D eigenvalue weighted by atomic mass is 9.98. The summed E-state index contributed by atoms with van der Waals surface area (Å²) in [5, 5.41) is 20.2. The zero-order chi connectivity index (χ0) is 76.1. The topological polar surface area (TPSA) is 283 Å². The molecule has 6 unspecified atom stereocenters. The Morgan fingerprint density at radius 2 is 1.08 bits per heavy atom. The highest BCUT2D eigenvalue weighted by Gasteiger charge is 2.55. The van der Waals surface area contributed by atoms with Gasteiger partial charge in [-0.15, -0.1) is 0 Å². The number of anilines is 2. The van der Waals surface area contributed by atoms with Gasteiger partial charge in [0, 0.05) is 43.5 Å². The van der Waals surface area contributed by atoms with Gasteiger partial charge in [-0.25, -0.2) is 27.8 Å². The molecule has 0 radical (unpaired) electrons. The molecule has 2 saturated heterocycles. The molecule has 0 aliphatic carbocycles. The Kier molecular flexibility index (Phi) is 32.7. The van der Waals surface area contributed by atoms with E-state index in [1.807, 2.05) is 66.7 Å². The predicted octanol–water partition coefficient (Wildman–Crippen LogP) is 14.9. The number of benzene rings is 5. The fraction of sp³-hybridized carbons (Fsp3) is 0.487. The summed E-state index contributed by atoms with van der Waals surface area (Å²) in [7, 11) is -3.67. The molecule has 0 saturated carbocycles. The second-order valence-corrected chi connectivity index (χ2v) is 30.2. The van der Waals surface area contributed by atoms with Crippen molar-refractivity contribution in [3.8, 4) is 0 Å². The minimum atomic E-state index is -3.67. The van der Waals surface area contributed by atoms with E-state index in [0.717, 1.165) is 56.1 Å². The maximum Gasteiger partial charge on any atom is 0.418 e. The molecule has 9 rings (SSSR count). The van der Waals surface area contributed by atoms with Gasteiger partial charge in [-0.3, -0.25) is 48.5 Å². The number of rotatable bonds is 42. The number of unbranched alkanes of at least 4 members (excludes halogenated alkanes) is 18. The first-order valence-electron chi connectivity index (χ1n) is 37.5. The lowest BCUT2D eigenvalue weighted by Crippen LogP contribution is -2.57. The van der Waals surface area contributed by atoms with Crippen molar-refractivity contribution in [1.82, 2.24) is 30.0 Å². The zero-order valence-corrected chi connectivity index (χ0v) is 63.9. The third kappa shape index (κ3) is 23.3. The lowest BCUT2D eigenvalue weighted by Gasteiger charge is -2.30. The number of amides is 8. The van der Waals surface area contributed by atoms with Crippen molar-refractivity contribution < 1.29 is 61.0 Å². The standard InChI is InChI=1S/C44H56ClN5O7S.C36H46ClN5O6/c1-4-6-7-8-9-10-11-12-13-20-27-58(55,56)35-25-26-37(36(45)29-35)46-41(52)39(40(51)38-28-32(3)47-49(38)31-34-23-18-15-19-24-34)50-42(53)43(57-5-2)48(44(50)54)30-33-21-16-14-17-22-33;1-3-4-5-6-7-8-9-10-11-15-21-38-33(44)27-18-19-28(37)29(23-27)40-34(45)31(42-35(46)25(2)48-36(42)47)32(43)30-20-22-39-41(30)24-26-16-13-12-14-17-26/h14-19,21-26,29,38-39,43H,4-13,20,27-28,30-31H2,1-3H3,(H,46,52);12-14,16-19,22-23,25,30-31H,3-11,15,20-21,24H2,1-2H3,(H,38,44)(H,40,45). The number of halogens is 2. The average molecular weight is 1510 g/mol. The van der Waals surface area contributed by atoms with Crippen LogP contribution in [0, 0.1) is 0 Å². The third-order valence-corrected chi connectivity index (χ3v) is 21.5. The first kappa shape index (κ1) is 82.8. The number of carbonyl (C=O) groups excluding carboxylic acids is 9. The number of nitrogens with one attached hydrogen (secondary N) is 3. The normalized spacial score (nSPS) is 17.7. The molecule has 4 aliphatic rings. The molecule has 2 fully saturated rings. The minimum absolute atomic E-state index is 0.00944. The zero-order valence-electron chi connectivity index (χ0n) is 61.6. The molecule has 3 N–H and O–H groups in total. The molecule has 4 heterocycles. The van der Waals surface area contributed by atoms with E-state index in [4.69, 9.17) is 32.7 Å². The molecule has 26 heteroatoms. The van der Waals surface area contributed by atoms with Crippen LogP contribution < -0.4 is 16.0 Å². The summed E-state index contributed by atoms with van der Waals surface area (Å²) in [6.45, 7) is 10.3. The molecular formula is C80H102Cl2N10O13S. The molecule has 5 aromatic rings. The molecule has 106 heavy (non-hydrogen) atoms. The van der Waals surface area contributed by atoms with Gasteiger partial charge < -0.3 is 25.4 Å². The molecule has 5 aromatic carbocycles. The van der Waals surface area contributed by atoms with E-state index in [-0.39, 0.29) is 82.6 Å². The number of cyclic esters (lactones) is 1. The molecule has 0 bridgehead atoms. The Balaban J connectivity index is 0.000000273. The summed E-state index contributed by atoms with van der Waals surface area (Å²) in [4.78, 5) is 127. The first-order valence-corrected chi connectivity index (χ1v) is 39.9. The van der Waals surface area contributed by atoms with Crippen LogP contribution in [-0.4, -0.2) is 154 Å². The lowest BCUT2D eigenvalue weighted by molar-refractivity contribution is -0.149. The van der Waals surface area contributed by atoms with Crippen LogP contribution >= 0.6 is 23.2 Å². The van der Waals surface area contributed by atoms with Crippen LogP contribution in [0.2, 0.25) is 10.0 Å². The van der Waals surface area contributed by atoms with Crippen molar-refractivity contribution in [1.29, 1.82) is 0 Å². The van der Waals surface area contributed by atoms with Gasteiger partial charge in [-0.05, 0) is 86.7 Å². The van der Waals surface area contributed by atoms with Crippen molar-refractivity contribution >= 4 is 110 Å². The summed E-state index contributed by atoms with van der Waals surface area (Å²) < 4.78 is 37.4. The summed E-state index contributed by atoms with van der Waals surface area (Å²) >= 11 is 13.0. The van der Waals surface area contributed by atoms with Gasteiger partial charge in [0.05, 0.1) is 51.7 Å². The number of ether oxygens (including phenoxy) is 2. The van der Waals surface area contributed by atoms with Crippen LogP contribution in [-0.2, 0) is 67.7 Å². The number of carbonyl (C=O) groups is 9. The van der Waals surface area contributed by atoms with Crippen molar-refractivity contribution in [3.63, 3.8) is 0 Å². The maximum atomic E-state index is 14.7. The van der Waals surface area contributed by atoms with Crippen LogP contribution in [0.3, 0.4) is 0 Å². The molecule has 570 valence electrons. The van der Waals surface area contributed by atoms with E-state index in [1.165, 1.54) is 130 Å². The number of ketones is 2. The predicted molar refractivity (Wildman–Crippen MR) is 411 cm³/mol. The highest BCUT2D eigenvalue weighted by atomic mass is 35.5. The fourth-order valence-corrected chi connectivity index (χ4v) is 15.1. The highest BCUT2D eigenvalue weighted by Crippen LogP contribution is 2.33. The van der Waals surface area contributed by atoms with Crippen LogP contribution in [0.1, 0.15) is 203 Å². The number of Topliss-reactive ketones (excluding diaryl/α,β-unsaturated/α-hetero) is 2. The largest absolute Gasteiger partial charge is 0.436 e. The second-order valence-electron chi connectivity index (χ2n) is 27.3. The van der Waals surface area contributed by atoms with Crippen LogP contribution in [0.25, 0.3) is 0 Å². The summed E-state index contributed by atoms with van der Waals surface area (Å²) in [6, 6.07) is 29.6. The smallest absolute Gasteiger partial charge is 0.418 e.